The highest BCUT2D eigenvalue weighted by Crippen LogP contribution is 2.40. The number of aliphatic carboxylic acids is 1. The number of carbonyl (C=O) groups is 2. The second-order valence-electron chi connectivity index (χ2n) is 6.60. The van der Waals surface area contributed by atoms with Crippen LogP contribution >= 0.6 is 0 Å². The quantitative estimate of drug-likeness (QED) is 0.697. The number of likely N-dealkylation sites (tertiary alicyclic amines) is 1. The zero-order chi connectivity index (χ0) is 17.1. The van der Waals surface area contributed by atoms with E-state index in [1.807, 2.05) is 6.92 Å². The van der Waals surface area contributed by atoms with E-state index >= 15 is 0 Å². The van der Waals surface area contributed by atoms with Crippen LogP contribution in [0.3, 0.4) is 0 Å². The van der Waals surface area contributed by atoms with Gasteiger partial charge in [-0.05, 0) is 32.1 Å². The van der Waals surface area contributed by atoms with Gasteiger partial charge < -0.3 is 10.0 Å². The van der Waals surface area contributed by atoms with Gasteiger partial charge in [0.1, 0.15) is 5.41 Å². The number of carbonyl (C=O) groups excluding carboxylic acids is 1. The van der Waals surface area contributed by atoms with Crippen LogP contribution in [0.15, 0.2) is 0 Å². The number of nitrogens with zero attached hydrogens (tertiary/aromatic N) is 1. The fourth-order valence-electron chi connectivity index (χ4n) is 3.58. The number of amides is 1. The summed E-state index contributed by atoms with van der Waals surface area (Å²) in [5.41, 5.74) is -1.26. The van der Waals surface area contributed by atoms with Gasteiger partial charge in [0.15, 0.2) is 0 Å². The highest BCUT2D eigenvalue weighted by molar-refractivity contribution is 7.89. The lowest BCUT2D eigenvalue weighted by Crippen LogP contribution is -2.52. The van der Waals surface area contributed by atoms with Gasteiger partial charge in [-0.1, -0.05) is 19.8 Å². The highest BCUT2D eigenvalue weighted by Gasteiger charge is 2.50. The normalized spacial score (nSPS) is 22.2. The van der Waals surface area contributed by atoms with Crippen LogP contribution in [0.2, 0.25) is 0 Å². The van der Waals surface area contributed by atoms with E-state index < -0.39 is 21.4 Å². The SMILES string of the molecule is CCCS(=O)(=O)NC1CCN(C(=O)C2(C(=O)O)CCCC2)CC1. The molecule has 23 heavy (non-hydrogen) atoms. The van der Waals surface area contributed by atoms with Crippen LogP contribution in [-0.4, -0.2) is 55.2 Å². The van der Waals surface area contributed by atoms with Crippen LogP contribution in [0.4, 0.5) is 0 Å². The van der Waals surface area contributed by atoms with Crippen LogP contribution in [0.1, 0.15) is 51.9 Å². The molecular weight excluding hydrogens is 320 g/mol. The number of rotatable bonds is 6. The first-order valence-electron chi connectivity index (χ1n) is 8.33. The summed E-state index contributed by atoms with van der Waals surface area (Å²) in [6.45, 7) is 2.63. The van der Waals surface area contributed by atoms with E-state index in [0.29, 0.717) is 45.2 Å². The van der Waals surface area contributed by atoms with Gasteiger partial charge in [0.2, 0.25) is 15.9 Å². The van der Waals surface area contributed by atoms with E-state index in [1.54, 1.807) is 4.90 Å². The Hall–Kier alpha value is -1.15. The van der Waals surface area contributed by atoms with Crippen molar-refractivity contribution in [1.82, 2.24) is 9.62 Å². The predicted octanol–water partition coefficient (Wildman–Crippen LogP) is 0.952. The zero-order valence-electron chi connectivity index (χ0n) is 13.6. The topological polar surface area (TPSA) is 104 Å². The minimum absolute atomic E-state index is 0.105. The molecule has 0 aromatic heterocycles. The Bertz CT molecular complexity index is 546. The third-order valence-corrected chi connectivity index (χ3v) is 6.52. The van der Waals surface area contributed by atoms with Gasteiger partial charge in [0.05, 0.1) is 5.75 Å². The molecule has 7 nitrogen and oxygen atoms in total. The summed E-state index contributed by atoms with van der Waals surface area (Å²) >= 11 is 0. The Labute approximate surface area is 137 Å². The second-order valence-corrected chi connectivity index (χ2v) is 8.47. The van der Waals surface area contributed by atoms with Crippen LogP contribution in [0.5, 0.6) is 0 Å². The molecule has 0 aromatic carbocycles. The molecule has 0 aromatic rings. The largest absolute Gasteiger partial charge is 0.480 e. The first-order chi connectivity index (χ1) is 10.8. The molecule has 1 saturated carbocycles. The molecule has 2 aliphatic rings. The summed E-state index contributed by atoms with van der Waals surface area (Å²) in [7, 11) is -3.26. The van der Waals surface area contributed by atoms with E-state index in [0.717, 1.165) is 12.8 Å². The van der Waals surface area contributed by atoms with Crippen LogP contribution in [0.25, 0.3) is 0 Å². The first-order valence-corrected chi connectivity index (χ1v) is 9.99. The van der Waals surface area contributed by atoms with Gasteiger partial charge in [-0.3, -0.25) is 9.59 Å². The van der Waals surface area contributed by atoms with E-state index in [9.17, 15) is 23.1 Å². The molecule has 1 saturated heterocycles. The van der Waals surface area contributed by atoms with Crippen molar-refractivity contribution in [2.45, 2.75) is 57.9 Å². The number of piperidine rings is 1. The number of carboxylic acid groups (broad SMARTS) is 1. The number of nitrogens with one attached hydrogen (secondary N) is 1. The van der Waals surface area contributed by atoms with Gasteiger partial charge in [-0.2, -0.15) is 0 Å². The molecular formula is C15H26N2O5S. The van der Waals surface area contributed by atoms with Gasteiger partial charge in [-0.15, -0.1) is 0 Å². The van der Waals surface area contributed by atoms with Crippen molar-refractivity contribution < 1.29 is 23.1 Å². The summed E-state index contributed by atoms with van der Waals surface area (Å²) in [5, 5.41) is 9.49. The Morgan fingerprint density at radius 2 is 1.78 bits per heavy atom. The Morgan fingerprint density at radius 3 is 2.26 bits per heavy atom. The lowest BCUT2D eigenvalue weighted by atomic mass is 9.84. The summed E-state index contributed by atoms with van der Waals surface area (Å²) in [4.78, 5) is 25.9. The van der Waals surface area contributed by atoms with E-state index in [-0.39, 0.29) is 17.7 Å². The summed E-state index contributed by atoms with van der Waals surface area (Å²) in [5.74, 6) is -1.21. The molecule has 1 aliphatic heterocycles. The Balaban J connectivity index is 1.94. The average molecular weight is 346 g/mol. The molecule has 2 rings (SSSR count). The fraction of sp³-hybridized carbons (Fsp3) is 0.867. The third kappa shape index (κ3) is 4.03. The minimum atomic E-state index is -3.26. The molecule has 1 amide bonds. The zero-order valence-corrected chi connectivity index (χ0v) is 14.4. The molecule has 1 aliphatic carbocycles. The number of hydrogen-bond donors (Lipinski definition) is 2. The van der Waals surface area contributed by atoms with Crippen LogP contribution in [0, 0.1) is 5.41 Å². The Kier molecular flexibility index (Phi) is 5.67. The maximum atomic E-state index is 12.7. The molecule has 1 heterocycles. The number of sulfonamides is 1. The number of carboxylic acids is 1. The molecule has 2 N–H and O–H groups in total. The third-order valence-electron chi connectivity index (χ3n) is 4.88. The van der Waals surface area contributed by atoms with E-state index in [4.69, 9.17) is 0 Å². The highest BCUT2D eigenvalue weighted by atomic mass is 32.2. The van der Waals surface area contributed by atoms with Crippen molar-refractivity contribution >= 4 is 21.9 Å². The van der Waals surface area contributed by atoms with Gasteiger partial charge in [0.25, 0.3) is 0 Å². The fourth-order valence-corrected chi connectivity index (χ4v) is 4.98. The maximum absolute atomic E-state index is 12.7. The van der Waals surface area contributed by atoms with E-state index in [1.165, 1.54) is 0 Å². The molecule has 0 atom stereocenters. The summed E-state index contributed by atoms with van der Waals surface area (Å²) < 4.78 is 26.3. The number of hydrogen-bond acceptors (Lipinski definition) is 4. The summed E-state index contributed by atoms with van der Waals surface area (Å²) in [6, 6.07) is -0.167. The molecule has 0 radical (unpaired) electrons. The smallest absolute Gasteiger partial charge is 0.319 e. The van der Waals surface area contributed by atoms with Crippen molar-refractivity contribution in [3.8, 4) is 0 Å². The van der Waals surface area contributed by atoms with Crippen molar-refractivity contribution in [1.29, 1.82) is 0 Å². The lowest BCUT2D eigenvalue weighted by molar-refractivity contribution is -0.161. The van der Waals surface area contributed by atoms with Crippen molar-refractivity contribution in [3.63, 3.8) is 0 Å². The maximum Gasteiger partial charge on any atom is 0.319 e. The average Bonchev–Trinajstić information content (AvgIpc) is 2.97. The molecule has 0 spiro atoms. The van der Waals surface area contributed by atoms with E-state index in [2.05, 4.69) is 4.72 Å². The standard InChI is InChI=1S/C15H26N2O5S/c1-2-11-23(21,22)16-12-5-9-17(10-6-12)13(18)15(14(19)20)7-3-4-8-15/h12,16H,2-11H2,1H3,(H,19,20). The van der Waals surface area contributed by atoms with Crippen molar-refractivity contribution in [2.75, 3.05) is 18.8 Å². The van der Waals surface area contributed by atoms with Crippen LogP contribution in [-0.2, 0) is 19.6 Å². The molecule has 0 unspecified atom stereocenters. The Morgan fingerprint density at radius 1 is 1.22 bits per heavy atom. The second kappa shape index (κ2) is 7.17. The minimum Gasteiger partial charge on any atom is -0.480 e. The molecule has 0 bridgehead atoms. The van der Waals surface area contributed by atoms with Gasteiger partial charge in [0, 0.05) is 19.1 Å². The van der Waals surface area contributed by atoms with Gasteiger partial charge >= 0.3 is 5.97 Å². The molecule has 132 valence electrons. The molecule has 2 fully saturated rings. The van der Waals surface area contributed by atoms with Crippen LogP contribution < -0.4 is 4.72 Å². The van der Waals surface area contributed by atoms with Crippen molar-refractivity contribution in [2.24, 2.45) is 5.41 Å². The predicted molar refractivity (Wildman–Crippen MR) is 85.4 cm³/mol. The first kappa shape index (κ1) is 18.2. The molecule has 8 heteroatoms. The lowest BCUT2D eigenvalue weighted by Gasteiger charge is -2.36. The van der Waals surface area contributed by atoms with Gasteiger partial charge in [-0.25, -0.2) is 13.1 Å². The summed E-state index contributed by atoms with van der Waals surface area (Å²) in [6.07, 6.45) is 3.98. The monoisotopic (exact) mass is 346 g/mol. The van der Waals surface area contributed by atoms with Crippen molar-refractivity contribution in [3.05, 3.63) is 0 Å².